The molecule has 1 heterocycles. The van der Waals surface area contributed by atoms with Crippen molar-refractivity contribution in [2.75, 3.05) is 20.3 Å². The van der Waals surface area contributed by atoms with Gasteiger partial charge in [-0.25, -0.2) is 4.79 Å². The van der Waals surface area contributed by atoms with Crippen LogP contribution in [-0.4, -0.2) is 38.5 Å². The number of carbonyl (C=O) groups is 2. The van der Waals surface area contributed by atoms with E-state index in [1.165, 1.54) is 7.11 Å². The molecule has 6 heteroatoms. The number of methoxy groups -OCH3 is 1. The molecule has 0 saturated carbocycles. The summed E-state index contributed by atoms with van der Waals surface area (Å²) in [5, 5.41) is 5.19. The van der Waals surface area contributed by atoms with Crippen molar-refractivity contribution in [3.05, 3.63) is 0 Å². The summed E-state index contributed by atoms with van der Waals surface area (Å²) in [4.78, 5) is 21.9. The third-order valence-corrected chi connectivity index (χ3v) is 2.06. The van der Waals surface area contributed by atoms with Gasteiger partial charge in [0.25, 0.3) is 0 Å². The molecule has 1 rings (SSSR count). The second kappa shape index (κ2) is 6.23. The number of urea groups is 1. The highest BCUT2D eigenvalue weighted by Crippen LogP contribution is 2.08. The van der Waals surface area contributed by atoms with Crippen molar-refractivity contribution in [3.63, 3.8) is 0 Å². The SMILES string of the molecule is COC(=O)CCNC(=O)NC1CCCO1. The van der Waals surface area contributed by atoms with Crippen LogP contribution in [0.25, 0.3) is 0 Å². The van der Waals surface area contributed by atoms with Crippen LogP contribution in [0.4, 0.5) is 4.79 Å². The normalized spacial score (nSPS) is 19.7. The van der Waals surface area contributed by atoms with Gasteiger partial charge < -0.3 is 20.1 Å². The number of hydrogen-bond acceptors (Lipinski definition) is 4. The van der Waals surface area contributed by atoms with E-state index in [1.54, 1.807) is 0 Å². The van der Waals surface area contributed by atoms with E-state index in [-0.39, 0.29) is 31.2 Å². The second-order valence-corrected chi connectivity index (χ2v) is 3.23. The summed E-state index contributed by atoms with van der Waals surface area (Å²) in [6.07, 6.45) is 1.79. The van der Waals surface area contributed by atoms with Crippen LogP contribution in [-0.2, 0) is 14.3 Å². The molecule has 0 aromatic heterocycles. The predicted octanol–water partition coefficient (Wildman–Crippen LogP) is -0.0148. The van der Waals surface area contributed by atoms with Gasteiger partial charge in [0.15, 0.2) is 0 Å². The molecule has 1 aliphatic heterocycles. The summed E-state index contributed by atoms with van der Waals surface area (Å²) in [6, 6.07) is -0.314. The Labute approximate surface area is 88.3 Å². The molecule has 86 valence electrons. The summed E-state index contributed by atoms with van der Waals surface area (Å²) in [5.41, 5.74) is 0. The number of carbonyl (C=O) groups excluding carboxylic acids is 2. The maximum atomic E-state index is 11.2. The summed E-state index contributed by atoms with van der Waals surface area (Å²) >= 11 is 0. The molecule has 1 saturated heterocycles. The molecule has 0 aliphatic carbocycles. The first-order chi connectivity index (χ1) is 7.22. The Morgan fingerprint density at radius 3 is 2.93 bits per heavy atom. The van der Waals surface area contributed by atoms with Crippen LogP contribution in [0.3, 0.4) is 0 Å². The zero-order chi connectivity index (χ0) is 11.1. The Hall–Kier alpha value is -1.30. The van der Waals surface area contributed by atoms with Crippen LogP contribution in [0.1, 0.15) is 19.3 Å². The highest BCUT2D eigenvalue weighted by Gasteiger charge is 2.17. The number of rotatable bonds is 4. The predicted molar refractivity (Wildman–Crippen MR) is 52.1 cm³/mol. The highest BCUT2D eigenvalue weighted by atomic mass is 16.5. The van der Waals surface area contributed by atoms with Gasteiger partial charge in [-0.2, -0.15) is 0 Å². The molecule has 1 atom stereocenters. The highest BCUT2D eigenvalue weighted by molar-refractivity contribution is 5.75. The molecule has 0 radical (unpaired) electrons. The van der Waals surface area contributed by atoms with Gasteiger partial charge >= 0.3 is 12.0 Å². The maximum Gasteiger partial charge on any atom is 0.316 e. The summed E-state index contributed by atoms with van der Waals surface area (Å²) in [7, 11) is 1.31. The van der Waals surface area contributed by atoms with Crippen molar-refractivity contribution in [1.29, 1.82) is 0 Å². The largest absolute Gasteiger partial charge is 0.469 e. The smallest absolute Gasteiger partial charge is 0.316 e. The van der Waals surface area contributed by atoms with Crippen LogP contribution in [0.5, 0.6) is 0 Å². The van der Waals surface area contributed by atoms with Crippen LogP contribution < -0.4 is 10.6 Å². The molecule has 2 amide bonds. The Kier molecular flexibility index (Phi) is 4.89. The fourth-order valence-electron chi connectivity index (χ4n) is 1.27. The number of esters is 1. The summed E-state index contributed by atoms with van der Waals surface area (Å²) in [6.45, 7) is 0.957. The molecule has 0 aromatic carbocycles. The molecule has 1 fully saturated rings. The lowest BCUT2D eigenvalue weighted by molar-refractivity contribution is -0.140. The lowest BCUT2D eigenvalue weighted by atomic mass is 10.3. The Balaban J connectivity index is 2.05. The quantitative estimate of drug-likeness (QED) is 0.648. The minimum Gasteiger partial charge on any atom is -0.469 e. The Morgan fingerprint density at radius 1 is 1.53 bits per heavy atom. The van der Waals surface area contributed by atoms with E-state index in [4.69, 9.17) is 4.74 Å². The minimum atomic E-state index is -0.340. The van der Waals surface area contributed by atoms with Gasteiger partial charge in [-0.1, -0.05) is 0 Å². The zero-order valence-corrected chi connectivity index (χ0v) is 8.75. The number of ether oxygens (including phenoxy) is 2. The Bertz CT molecular complexity index is 226. The van der Waals surface area contributed by atoms with E-state index < -0.39 is 0 Å². The third-order valence-electron chi connectivity index (χ3n) is 2.06. The first-order valence-electron chi connectivity index (χ1n) is 4.95. The van der Waals surface area contributed by atoms with Gasteiger partial charge in [-0.15, -0.1) is 0 Å². The molecule has 1 aliphatic rings. The lowest BCUT2D eigenvalue weighted by Gasteiger charge is -2.12. The fraction of sp³-hybridized carbons (Fsp3) is 0.778. The number of amides is 2. The fourth-order valence-corrected chi connectivity index (χ4v) is 1.27. The van der Waals surface area contributed by atoms with E-state index in [9.17, 15) is 9.59 Å². The average molecular weight is 216 g/mol. The zero-order valence-electron chi connectivity index (χ0n) is 8.75. The second-order valence-electron chi connectivity index (χ2n) is 3.23. The maximum absolute atomic E-state index is 11.2. The van der Waals surface area contributed by atoms with Crippen LogP contribution >= 0.6 is 0 Å². The standard InChI is InChI=1S/C9H16N2O4/c1-14-8(12)4-5-10-9(13)11-7-3-2-6-15-7/h7H,2-6H2,1H3,(H2,10,11,13). The topological polar surface area (TPSA) is 76.7 Å². The monoisotopic (exact) mass is 216 g/mol. The van der Waals surface area contributed by atoms with Gasteiger partial charge in [0.2, 0.25) is 0 Å². The Morgan fingerprint density at radius 2 is 2.33 bits per heavy atom. The van der Waals surface area contributed by atoms with Crippen molar-refractivity contribution in [2.24, 2.45) is 0 Å². The van der Waals surface area contributed by atoms with Gasteiger partial charge in [0, 0.05) is 13.2 Å². The van der Waals surface area contributed by atoms with Crippen molar-refractivity contribution >= 4 is 12.0 Å². The van der Waals surface area contributed by atoms with Crippen LogP contribution in [0.15, 0.2) is 0 Å². The molecule has 0 bridgehead atoms. The third kappa shape index (κ3) is 4.64. The minimum absolute atomic E-state index is 0.176. The van der Waals surface area contributed by atoms with Crippen LogP contribution in [0, 0.1) is 0 Å². The van der Waals surface area contributed by atoms with E-state index in [1.807, 2.05) is 0 Å². The number of nitrogens with one attached hydrogen (secondary N) is 2. The molecular weight excluding hydrogens is 200 g/mol. The molecule has 2 N–H and O–H groups in total. The average Bonchev–Trinajstić information content (AvgIpc) is 2.70. The van der Waals surface area contributed by atoms with Gasteiger partial charge in [0.1, 0.15) is 6.23 Å². The van der Waals surface area contributed by atoms with E-state index in [2.05, 4.69) is 15.4 Å². The van der Waals surface area contributed by atoms with Gasteiger partial charge in [0.05, 0.1) is 13.5 Å². The van der Waals surface area contributed by atoms with E-state index in [0.29, 0.717) is 6.61 Å². The first-order valence-corrected chi connectivity index (χ1v) is 4.95. The van der Waals surface area contributed by atoms with E-state index >= 15 is 0 Å². The first kappa shape index (κ1) is 11.8. The molecular formula is C9H16N2O4. The molecule has 0 spiro atoms. The van der Waals surface area contributed by atoms with Crippen molar-refractivity contribution < 1.29 is 19.1 Å². The van der Waals surface area contributed by atoms with E-state index in [0.717, 1.165) is 12.8 Å². The van der Waals surface area contributed by atoms with Gasteiger partial charge in [-0.3, -0.25) is 4.79 Å². The molecule has 15 heavy (non-hydrogen) atoms. The molecule has 6 nitrogen and oxygen atoms in total. The summed E-state index contributed by atoms with van der Waals surface area (Å²) < 4.78 is 9.64. The number of hydrogen-bond donors (Lipinski definition) is 2. The lowest BCUT2D eigenvalue weighted by Crippen LogP contribution is -2.42. The van der Waals surface area contributed by atoms with Crippen molar-refractivity contribution in [2.45, 2.75) is 25.5 Å². The molecule has 0 aromatic rings. The van der Waals surface area contributed by atoms with Crippen LogP contribution in [0.2, 0.25) is 0 Å². The van der Waals surface area contributed by atoms with Gasteiger partial charge in [-0.05, 0) is 12.8 Å². The summed E-state index contributed by atoms with van der Waals surface area (Å²) in [5.74, 6) is -0.340. The van der Waals surface area contributed by atoms with Crippen molar-refractivity contribution in [3.8, 4) is 0 Å². The molecule has 1 unspecified atom stereocenters. The van der Waals surface area contributed by atoms with Crippen molar-refractivity contribution in [1.82, 2.24) is 10.6 Å².